The standard InChI is InChI=1S/BH3.H2O3Si.Zn/c;1-4(2)3;/h1H3;1-2H;. The van der Waals surface area contributed by atoms with Crippen molar-refractivity contribution in [3.63, 3.8) is 0 Å². The molecule has 32 valence electrons. The van der Waals surface area contributed by atoms with Crippen LogP contribution in [0.3, 0.4) is 0 Å². The first kappa shape index (κ1) is 16.2. The van der Waals surface area contributed by atoms with E-state index in [-0.39, 0.29) is 27.9 Å². The van der Waals surface area contributed by atoms with Crippen LogP contribution in [0, 0.1) is 0 Å². The Hall–Kier alpha value is 0.305. The molecule has 0 spiro atoms. The Kier molecular flexibility index (Phi) is 24.4. The Labute approximate surface area is 51.6 Å². The van der Waals surface area contributed by atoms with Crippen LogP contribution in [-0.2, 0) is 23.9 Å². The van der Waals surface area contributed by atoms with E-state index >= 15 is 0 Å². The minimum Gasteiger partial charge on any atom is -0.511 e. The molecule has 0 amide bonds. The van der Waals surface area contributed by atoms with E-state index in [9.17, 15) is 0 Å². The van der Waals surface area contributed by atoms with Crippen LogP contribution >= 0.6 is 0 Å². The van der Waals surface area contributed by atoms with Crippen LogP contribution in [0.5, 0.6) is 0 Å². The molecule has 6 heavy (non-hydrogen) atoms. The molecule has 0 radical (unpaired) electrons. The van der Waals surface area contributed by atoms with Gasteiger partial charge in [0.1, 0.15) is 0 Å². The fraction of sp³-hybridized carbons (Fsp3) is 0. The molecule has 0 bridgehead atoms. The van der Waals surface area contributed by atoms with Gasteiger partial charge >= 0.3 is 9.17 Å². The molecule has 6 heteroatoms. The fourth-order valence-electron chi connectivity index (χ4n) is 0. The SMILES string of the molecule is B.O=[Si](O)O.[Zn]. The maximum atomic E-state index is 8.74. The summed E-state index contributed by atoms with van der Waals surface area (Å²) in [5.74, 6) is 0. The van der Waals surface area contributed by atoms with E-state index in [2.05, 4.69) is 0 Å². The van der Waals surface area contributed by atoms with Crippen molar-refractivity contribution < 1.29 is 33.5 Å². The molecule has 0 heterocycles. The summed E-state index contributed by atoms with van der Waals surface area (Å²) < 4.78 is 8.74. The monoisotopic (exact) mass is 156 g/mol. The molecule has 0 fully saturated rings. The second kappa shape index (κ2) is 9.00. The molecule has 0 aliphatic carbocycles. The normalized spacial score (nSPS) is 4.00. The van der Waals surface area contributed by atoms with Crippen molar-refractivity contribution in [2.75, 3.05) is 0 Å². The molecular formula is H5BO3SiZn. The molecule has 0 aromatic carbocycles. The summed E-state index contributed by atoms with van der Waals surface area (Å²) in [6, 6.07) is 0. The van der Waals surface area contributed by atoms with Crippen molar-refractivity contribution in [3.05, 3.63) is 0 Å². The summed E-state index contributed by atoms with van der Waals surface area (Å²) >= 11 is 0. The predicted octanol–water partition coefficient (Wildman–Crippen LogP) is -2.80. The van der Waals surface area contributed by atoms with Crippen LogP contribution in [-0.4, -0.2) is 27.2 Å². The van der Waals surface area contributed by atoms with Crippen molar-refractivity contribution in [2.24, 2.45) is 0 Å². The van der Waals surface area contributed by atoms with E-state index in [1.54, 1.807) is 0 Å². The zero-order valence-corrected chi connectivity index (χ0v) is 6.48. The third kappa shape index (κ3) is 505. The van der Waals surface area contributed by atoms with E-state index < -0.39 is 9.17 Å². The van der Waals surface area contributed by atoms with Gasteiger partial charge in [-0.3, -0.25) is 4.46 Å². The van der Waals surface area contributed by atoms with Gasteiger partial charge in [0.25, 0.3) is 0 Å². The number of hydrogen-bond donors (Lipinski definition) is 2. The Balaban J connectivity index is -0.0000000450. The van der Waals surface area contributed by atoms with Crippen LogP contribution in [0.4, 0.5) is 0 Å². The van der Waals surface area contributed by atoms with Gasteiger partial charge in [0.2, 0.25) is 0 Å². The van der Waals surface area contributed by atoms with Crippen molar-refractivity contribution in [2.45, 2.75) is 0 Å². The minimum absolute atomic E-state index is 0. The van der Waals surface area contributed by atoms with Crippen molar-refractivity contribution in [1.29, 1.82) is 0 Å². The van der Waals surface area contributed by atoms with Crippen LogP contribution in [0.25, 0.3) is 0 Å². The molecule has 0 aromatic heterocycles. The van der Waals surface area contributed by atoms with E-state index in [0.29, 0.717) is 0 Å². The molecule has 0 unspecified atom stereocenters. The van der Waals surface area contributed by atoms with Gasteiger partial charge in [-0.05, 0) is 0 Å². The maximum absolute atomic E-state index is 8.74. The molecule has 0 rings (SSSR count). The van der Waals surface area contributed by atoms with Gasteiger partial charge in [0, 0.05) is 19.5 Å². The average molecular weight is 157 g/mol. The van der Waals surface area contributed by atoms with Crippen molar-refractivity contribution in [3.8, 4) is 0 Å². The summed E-state index contributed by atoms with van der Waals surface area (Å²) in [6.45, 7) is 0. The molecular weight excluding hydrogens is 152 g/mol. The van der Waals surface area contributed by atoms with Gasteiger partial charge in [-0.15, -0.1) is 0 Å². The zero-order valence-electron chi connectivity index (χ0n) is 2.51. The van der Waals surface area contributed by atoms with Gasteiger partial charge in [-0.2, -0.15) is 0 Å². The first-order valence-corrected chi connectivity index (χ1v) is 1.95. The average Bonchev–Trinajstić information content (AvgIpc) is 0.811. The minimum atomic E-state index is -3.13. The van der Waals surface area contributed by atoms with Crippen LogP contribution in [0.1, 0.15) is 0 Å². The third-order valence-electron chi connectivity index (χ3n) is 0. The quantitative estimate of drug-likeness (QED) is 0.374. The third-order valence-corrected chi connectivity index (χ3v) is 0. The smallest absolute Gasteiger partial charge is 0.511 e. The number of rotatable bonds is 0. The van der Waals surface area contributed by atoms with Crippen LogP contribution in [0.15, 0.2) is 0 Å². The van der Waals surface area contributed by atoms with E-state index in [1.807, 2.05) is 0 Å². The Bertz CT molecular complexity index is 33.8. The van der Waals surface area contributed by atoms with Crippen LogP contribution < -0.4 is 0 Å². The summed E-state index contributed by atoms with van der Waals surface area (Å²) in [5, 5.41) is 0. The van der Waals surface area contributed by atoms with E-state index in [1.165, 1.54) is 0 Å². The van der Waals surface area contributed by atoms with Gasteiger partial charge in [0.05, 0.1) is 8.41 Å². The largest absolute Gasteiger partial charge is 0.761 e. The second-order valence-electron chi connectivity index (χ2n) is 0.283. The van der Waals surface area contributed by atoms with Crippen molar-refractivity contribution in [1.82, 2.24) is 0 Å². The molecule has 0 saturated carbocycles. The topological polar surface area (TPSA) is 57.5 Å². The molecule has 3 nitrogen and oxygen atoms in total. The van der Waals surface area contributed by atoms with Crippen molar-refractivity contribution >= 4 is 17.6 Å². The Morgan fingerprint density at radius 3 is 1.33 bits per heavy atom. The molecule has 0 aliphatic rings. The Morgan fingerprint density at radius 1 is 1.33 bits per heavy atom. The summed E-state index contributed by atoms with van der Waals surface area (Å²) in [7, 11) is -3.13. The molecule has 0 aromatic rings. The second-order valence-corrected chi connectivity index (χ2v) is 0.848. The molecule has 0 saturated heterocycles. The van der Waals surface area contributed by atoms with Gasteiger partial charge in [-0.25, -0.2) is 0 Å². The molecule has 0 atom stereocenters. The predicted molar refractivity (Wildman–Crippen MR) is 20.8 cm³/mol. The summed E-state index contributed by atoms with van der Waals surface area (Å²) in [5.41, 5.74) is 0. The summed E-state index contributed by atoms with van der Waals surface area (Å²) in [4.78, 5) is 14.3. The maximum Gasteiger partial charge on any atom is 0.761 e. The zero-order chi connectivity index (χ0) is 3.58. The van der Waals surface area contributed by atoms with Crippen LogP contribution in [0.2, 0.25) is 0 Å². The number of hydrogen-bond acceptors (Lipinski definition) is 1. The Morgan fingerprint density at radius 2 is 1.33 bits per heavy atom. The van der Waals surface area contributed by atoms with E-state index in [4.69, 9.17) is 14.1 Å². The first-order valence-electron chi connectivity index (χ1n) is 0.651. The molecule has 2 N–H and O–H groups in total. The fourth-order valence-corrected chi connectivity index (χ4v) is 0. The summed E-state index contributed by atoms with van der Waals surface area (Å²) in [6.07, 6.45) is 0. The molecule has 0 aliphatic heterocycles. The van der Waals surface area contributed by atoms with Gasteiger partial charge in [-0.1, -0.05) is 0 Å². The first-order chi connectivity index (χ1) is 1.73. The van der Waals surface area contributed by atoms with E-state index in [0.717, 1.165) is 0 Å². The van der Waals surface area contributed by atoms with Gasteiger partial charge in [0.15, 0.2) is 0 Å². The van der Waals surface area contributed by atoms with Gasteiger partial charge < -0.3 is 9.59 Å².